The highest BCUT2D eigenvalue weighted by atomic mass is 35.5. The molecule has 2 rings (SSSR count). The Morgan fingerprint density at radius 1 is 1.67 bits per heavy atom. The van der Waals surface area contributed by atoms with E-state index in [0.29, 0.717) is 5.15 Å². The molecule has 1 fully saturated rings. The second-order valence-electron chi connectivity index (χ2n) is 2.28. The maximum Gasteiger partial charge on any atom is 0.140 e. The van der Waals surface area contributed by atoms with E-state index in [2.05, 4.69) is 4.98 Å². The van der Waals surface area contributed by atoms with Crippen LogP contribution in [0.1, 0.15) is 23.8 Å². The minimum Gasteiger partial charge on any atom is -0.229 e. The van der Waals surface area contributed by atoms with Crippen LogP contribution in [0.15, 0.2) is 5.38 Å². The van der Waals surface area contributed by atoms with Crippen LogP contribution >= 0.6 is 22.9 Å². The molecule has 3 heteroatoms. The highest BCUT2D eigenvalue weighted by Gasteiger charge is 2.26. The normalized spacial score (nSPS) is 18.3. The molecule has 48 valence electrons. The zero-order valence-corrected chi connectivity index (χ0v) is 6.37. The van der Waals surface area contributed by atoms with Crippen LogP contribution in [-0.4, -0.2) is 4.98 Å². The van der Waals surface area contributed by atoms with Crippen molar-refractivity contribution in [2.75, 3.05) is 0 Å². The predicted octanol–water partition coefficient (Wildman–Crippen LogP) is 2.67. The molecule has 1 heterocycles. The molecular formula is C6H6ClNS. The fraction of sp³-hybridized carbons (Fsp3) is 0.500. The van der Waals surface area contributed by atoms with Crippen molar-refractivity contribution in [1.82, 2.24) is 4.98 Å². The highest BCUT2D eigenvalue weighted by Crippen LogP contribution is 2.41. The van der Waals surface area contributed by atoms with Gasteiger partial charge >= 0.3 is 0 Å². The van der Waals surface area contributed by atoms with Gasteiger partial charge in [0, 0.05) is 11.3 Å². The number of aromatic nitrogens is 1. The second kappa shape index (κ2) is 1.96. The molecule has 0 aliphatic heterocycles. The van der Waals surface area contributed by atoms with Crippen molar-refractivity contribution in [3.8, 4) is 0 Å². The first-order valence-electron chi connectivity index (χ1n) is 2.97. The average Bonchev–Trinajstić information content (AvgIpc) is 2.58. The molecule has 0 radical (unpaired) electrons. The Morgan fingerprint density at radius 3 is 2.89 bits per heavy atom. The number of halogens is 1. The first kappa shape index (κ1) is 5.69. The summed E-state index contributed by atoms with van der Waals surface area (Å²) in [6.07, 6.45) is 2.62. The molecule has 1 aliphatic rings. The van der Waals surface area contributed by atoms with Crippen LogP contribution in [0.2, 0.25) is 5.15 Å². The van der Waals surface area contributed by atoms with Crippen molar-refractivity contribution in [1.29, 1.82) is 0 Å². The summed E-state index contributed by atoms with van der Waals surface area (Å²) in [5, 5.41) is 3.77. The molecule has 1 aliphatic carbocycles. The maximum absolute atomic E-state index is 5.63. The van der Waals surface area contributed by atoms with Crippen LogP contribution in [0.5, 0.6) is 0 Å². The lowest BCUT2D eigenvalue weighted by molar-refractivity contribution is 1.08. The van der Waals surface area contributed by atoms with Crippen LogP contribution in [0, 0.1) is 0 Å². The number of hydrogen-bond acceptors (Lipinski definition) is 2. The van der Waals surface area contributed by atoms with Crippen molar-refractivity contribution in [3.63, 3.8) is 0 Å². The van der Waals surface area contributed by atoms with Gasteiger partial charge in [0.05, 0.1) is 5.01 Å². The van der Waals surface area contributed by atoms with E-state index in [1.807, 2.05) is 5.38 Å². The van der Waals surface area contributed by atoms with Crippen molar-refractivity contribution >= 4 is 22.9 Å². The third kappa shape index (κ3) is 1.10. The Labute approximate surface area is 62.7 Å². The summed E-state index contributed by atoms with van der Waals surface area (Å²) in [5.74, 6) is 0.752. The number of hydrogen-bond donors (Lipinski definition) is 0. The topological polar surface area (TPSA) is 12.9 Å². The third-order valence-electron chi connectivity index (χ3n) is 1.42. The molecule has 1 aromatic heterocycles. The highest BCUT2D eigenvalue weighted by molar-refractivity contribution is 7.10. The molecule has 0 atom stereocenters. The van der Waals surface area contributed by atoms with Crippen LogP contribution < -0.4 is 0 Å². The predicted molar refractivity (Wildman–Crippen MR) is 39.1 cm³/mol. The lowest BCUT2D eigenvalue weighted by atomic mass is 10.5. The Hall–Kier alpha value is -0.0800. The molecule has 0 spiro atoms. The van der Waals surface area contributed by atoms with Crippen molar-refractivity contribution in [2.45, 2.75) is 18.8 Å². The van der Waals surface area contributed by atoms with E-state index in [4.69, 9.17) is 11.6 Å². The zero-order chi connectivity index (χ0) is 6.27. The summed E-state index contributed by atoms with van der Waals surface area (Å²) in [7, 11) is 0. The van der Waals surface area contributed by atoms with Crippen LogP contribution in [0.25, 0.3) is 0 Å². The monoisotopic (exact) mass is 159 g/mol. The average molecular weight is 160 g/mol. The molecule has 0 aromatic carbocycles. The zero-order valence-electron chi connectivity index (χ0n) is 4.80. The Kier molecular flexibility index (Phi) is 1.24. The molecule has 0 N–H and O–H groups in total. The van der Waals surface area contributed by atoms with Crippen LogP contribution in [-0.2, 0) is 0 Å². The minimum absolute atomic E-state index is 0.655. The van der Waals surface area contributed by atoms with E-state index < -0.39 is 0 Å². The Bertz CT molecular complexity index is 217. The van der Waals surface area contributed by atoms with E-state index in [9.17, 15) is 0 Å². The van der Waals surface area contributed by atoms with Gasteiger partial charge in [0.2, 0.25) is 0 Å². The first-order valence-corrected chi connectivity index (χ1v) is 4.23. The SMILES string of the molecule is Clc1csc(C2CC2)n1. The van der Waals surface area contributed by atoms with Crippen molar-refractivity contribution in [2.24, 2.45) is 0 Å². The van der Waals surface area contributed by atoms with Crippen molar-refractivity contribution in [3.05, 3.63) is 15.5 Å². The lowest BCUT2D eigenvalue weighted by Gasteiger charge is -1.81. The number of thiazole rings is 1. The van der Waals surface area contributed by atoms with Gasteiger partial charge in [-0.2, -0.15) is 0 Å². The van der Waals surface area contributed by atoms with Gasteiger partial charge in [-0.15, -0.1) is 11.3 Å². The molecule has 1 saturated carbocycles. The largest absolute Gasteiger partial charge is 0.229 e. The summed E-state index contributed by atoms with van der Waals surface area (Å²) in [6, 6.07) is 0. The number of rotatable bonds is 1. The molecule has 1 aromatic rings. The van der Waals surface area contributed by atoms with Crippen molar-refractivity contribution < 1.29 is 0 Å². The van der Waals surface area contributed by atoms with Gasteiger partial charge in [-0.25, -0.2) is 4.98 Å². The minimum atomic E-state index is 0.655. The lowest BCUT2D eigenvalue weighted by Crippen LogP contribution is -1.72. The molecule has 0 unspecified atom stereocenters. The summed E-state index contributed by atoms with van der Waals surface area (Å²) in [4.78, 5) is 4.16. The third-order valence-corrected chi connectivity index (χ3v) is 2.75. The van der Waals surface area contributed by atoms with Gasteiger partial charge in [0.15, 0.2) is 0 Å². The molecule has 0 saturated heterocycles. The standard InChI is InChI=1S/C6H6ClNS/c7-5-3-9-6(8-5)4-1-2-4/h3-4H,1-2H2. The van der Waals surface area contributed by atoms with Gasteiger partial charge in [0.25, 0.3) is 0 Å². The summed E-state index contributed by atoms with van der Waals surface area (Å²) < 4.78 is 0. The van der Waals surface area contributed by atoms with E-state index in [1.54, 1.807) is 11.3 Å². The Balaban J connectivity index is 2.28. The first-order chi connectivity index (χ1) is 4.36. The molecule has 1 nitrogen and oxygen atoms in total. The Morgan fingerprint density at radius 2 is 2.44 bits per heavy atom. The van der Waals surface area contributed by atoms with E-state index >= 15 is 0 Å². The van der Waals surface area contributed by atoms with Crippen LogP contribution in [0.4, 0.5) is 0 Å². The molecular weight excluding hydrogens is 154 g/mol. The van der Waals surface area contributed by atoms with E-state index in [0.717, 1.165) is 5.92 Å². The van der Waals surface area contributed by atoms with E-state index in [-0.39, 0.29) is 0 Å². The smallest absolute Gasteiger partial charge is 0.140 e. The fourth-order valence-corrected chi connectivity index (χ4v) is 1.91. The van der Waals surface area contributed by atoms with Gasteiger partial charge < -0.3 is 0 Å². The summed E-state index contributed by atoms with van der Waals surface area (Å²) in [6.45, 7) is 0. The van der Waals surface area contributed by atoms with Gasteiger partial charge in [-0.05, 0) is 12.8 Å². The van der Waals surface area contributed by atoms with E-state index in [1.165, 1.54) is 17.8 Å². The van der Waals surface area contributed by atoms with Gasteiger partial charge in [-0.1, -0.05) is 11.6 Å². The quantitative estimate of drug-likeness (QED) is 0.614. The van der Waals surface area contributed by atoms with Gasteiger partial charge in [0.1, 0.15) is 5.15 Å². The molecule has 0 bridgehead atoms. The summed E-state index contributed by atoms with van der Waals surface area (Å²) in [5.41, 5.74) is 0. The molecule has 9 heavy (non-hydrogen) atoms. The van der Waals surface area contributed by atoms with Gasteiger partial charge in [-0.3, -0.25) is 0 Å². The van der Waals surface area contributed by atoms with Crippen LogP contribution in [0.3, 0.4) is 0 Å². The fourth-order valence-electron chi connectivity index (χ4n) is 0.785. The maximum atomic E-state index is 5.63. The number of nitrogens with zero attached hydrogens (tertiary/aromatic N) is 1. The summed E-state index contributed by atoms with van der Waals surface area (Å²) >= 11 is 7.31. The second-order valence-corrected chi connectivity index (χ2v) is 3.56. The molecule has 0 amide bonds.